The second-order valence-corrected chi connectivity index (χ2v) is 9.29. The van der Waals surface area contributed by atoms with Crippen LogP contribution in [0.1, 0.15) is 26.7 Å². The molecule has 3 aromatic heterocycles. The number of hydrogen-bond acceptors (Lipinski definition) is 5. The Kier molecular flexibility index (Phi) is 4.29. The molecule has 0 aliphatic heterocycles. The maximum atomic E-state index is 14.6. The smallest absolute Gasteiger partial charge is 0.183 e. The minimum absolute atomic E-state index is 0.0173. The summed E-state index contributed by atoms with van der Waals surface area (Å²) in [7, 11) is 0. The van der Waals surface area contributed by atoms with Crippen molar-refractivity contribution in [1.29, 1.82) is 0 Å². The van der Waals surface area contributed by atoms with Crippen LogP contribution < -0.4 is 5.32 Å². The van der Waals surface area contributed by atoms with Gasteiger partial charge >= 0.3 is 0 Å². The van der Waals surface area contributed by atoms with Crippen molar-refractivity contribution in [2.45, 2.75) is 32.7 Å². The molecule has 2 bridgehead atoms. The Labute approximate surface area is 172 Å². The normalized spacial score (nSPS) is 27.6. The highest BCUT2D eigenvalue weighted by Crippen LogP contribution is 2.61. The number of aliphatic hydroxyl groups is 1. The minimum atomic E-state index is -0.499. The van der Waals surface area contributed by atoms with Crippen LogP contribution in [0.25, 0.3) is 22.4 Å². The molecule has 8 heteroatoms. The zero-order valence-electron chi connectivity index (χ0n) is 16.3. The van der Waals surface area contributed by atoms with E-state index >= 15 is 0 Å². The number of rotatable bonds is 4. The van der Waals surface area contributed by atoms with Crippen molar-refractivity contribution in [3.63, 3.8) is 0 Å². The molecule has 6 rings (SSSR count). The van der Waals surface area contributed by atoms with Gasteiger partial charge in [-0.05, 0) is 36.2 Å². The van der Waals surface area contributed by atoms with Crippen molar-refractivity contribution >= 4 is 28.5 Å². The topological polar surface area (TPSA) is 86.7 Å². The summed E-state index contributed by atoms with van der Waals surface area (Å²) in [4.78, 5) is 16.0. The first-order chi connectivity index (χ1) is 13.9. The van der Waals surface area contributed by atoms with E-state index in [1.54, 1.807) is 18.5 Å². The third-order valence-electron chi connectivity index (χ3n) is 7.10. The van der Waals surface area contributed by atoms with Crippen molar-refractivity contribution in [1.82, 2.24) is 19.9 Å². The van der Waals surface area contributed by atoms with Crippen molar-refractivity contribution in [3.05, 3.63) is 35.5 Å². The van der Waals surface area contributed by atoms with Crippen LogP contribution in [-0.4, -0.2) is 37.7 Å². The predicted molar refractivity (Wildman–Crippen MR) is 110 cm³/mol. The quantitative estimate of drug-likeness (QED) is 0.592. The molecule has 3 N–H and O–H groups in total. The first-order valence-electron chi connectivity index (χ1n) is 9.91. The molecule has 0 spiro atoms. The van der Waals surface area contributed by atoms with Gasteiger partial charge in [-0.15, -0.1) is 0 Å². The lowest BCUT2D eigenvalue weighted by atomic mass is 9.45. The van der Waals surface area contributed by atoms with Crippen LogP contribution >= 0.6 is 11.6 Å². The molecule has 0 aromatic carbocycles. The van der Waals surface area contributed by atoms with E-state index in [9.17, 15) is 9.50 Å². The van der Waals surface area contributed by atoms with Gasteiger partial charge in [0.1, 0.15) is 5.65 Å². The van der Waals surface area contributed by atoms with Gasteiger partial charge in [-0.25, -0.2) is 19.3 Å². The molecule has 3 fully saturated rings. The first-order valence-corrected chi connectivity index (χ1v) is 10.3. The van der Waals surface area contributed by atoms with Gasteiger partial charge in [0.05, 0.1) is 11.2 Å². The number of nitrogens with zero attached hydrogens (tertiary/aromatic N) is 3. The Morgan fingerprint density at radius 2 is 2.14 bits per heavy atom. The fourth-order valence-corrected chi connectivity index (χ4v) is 5.39. The van der Waals surface area contributed by atoms with Crippen molar-refractivity contribution in [2.75, 3.05) is 11.9 Å². The van der Waals surface area contributed by atoms with Gasteiger partial charge in [-0.3, -0.25) is 0 Å². The van der Waals surface area contributed by atoms with E-state index in [1.807, 2.05) is 0 Å². The predicted octanol–water partition coefficient (Wildman–Crippen LogP) is 4.27. The number of pyridine rings is 1. The van der Waals surface area contributed by atoms with E-state index < -0.39 is 5.82 Å². The number of aromatic nitrogens is 4. The number of hydrogen-bond donors (Lipinski definition) is 3. The molecule has 0 amide bonds. The second-order valence-electron chi connectivity index (χ2n) is 8.85. The standard InChI is InChI=1S/C21H23ClFN5O/c1-21(2)11-3-10(9-29)17(15(21)4-11)27-20-16(23)8-26-19(28-20)14-7-25-18-13(14)5-12(22)6-24-18/h5-8,10-11,15,17,29H,3-4,9H2,1-2H3,(H,24,25)(H,26,27,28)/t10-,11?,15+,17-/m1/s1. The van der Waals surface area contributed by atoms with Gasteiger partial charge in [-0.1, -0.05) is 25.4 Å². The molecular formula is C21H23ClFN5O. The lowest BCUT2D eigenvalue weighted by Gasteiger charge is -2.62. The Bertz CT molecular complexity index is 1080. The number of aliphatic hydroxyl groups excluding tert-OH is 1. The summed E-state index contributed by atoms with van der Waals surface area (Å²) in [5, 5.41) is 14.5. The Morgan fingerprint density at radius 1 is 1.31 bits per heavy atom. The summed E-state index contributed by atoms with van der Waals surface area (Å²) >= 11 is 6.09. The fraction of sp³-hybridized carbons (Fsp3) is 0.476. The Morgan fingerprint density at radius 3 is 2.90 bits per heavy atom. The fourth-order valence-electron chi connectivity index (χ4n) is 5.23. The van der Waals surface area contributed by atoms with E-state index in [1.165, 1.54) is 6.20 Å². The molecule has 0 radical (unpaired) electrons. The number of fused-ring (bicyclic) bond motifs is 3. The van der Waals surface area contributed by atoms with Gasteiger partial charge in [0.2, 0.25) is 0 Å². The highest BCUT2D eigenvalue weighted by molar-refractivity contribution is 6.31. The SMILES string of the molecule is CC1(C)C2C[C@H](CO)[C@@H](Nc3nc(-c4c[nH]c5ncc(Cl)cc45)ncc3F)[C@@H]1C2. The summed E-state index contributed by atoms with van der Waals surface area (Å²) in [5.74, 6) is 1.17. The Balaban J connectivity index is 1.50. The molecule has 3 heterocycles. The molecule has 0 saturated heterocycles. The molecule has 6 nitrogen and oxygen atoms in total. The van der Waals surface area contributed by atoms with Crippen LogP contribution in [-0.2, 0) is 0 Å². The van der Waals surface area contributed by atoms with Gasteiger partial charge < -0.3 is 15.4 Å². The van der Waals surface area contributed by atoms with Crippen LogP contribution in [0.5, 0.6) is 0 Å². The van der Waals surface area contributed by atoms with E-state index in [0.717, 1.165) is 18.2 Å². The highest BCUT2D eigenvalue weighted by atomic mass is 35.5. The van der Waals surface area contributed by atoms with Gasteiger partial charge in [0, 0.05) is 41.9 Å². The maximum Gasteiger partial charge on any atom is 0.183 e. The average Bonchev–Trinajstić information content (AvgIpc) is 3.12. The van der Waals surface area contributed by atoms with Gasteiger partial charge in [-0.2, -0.15) is 0 Å². The largest absolute Gasteiger partial charge is 0.396 e. The molecule has 152 valence electrons. The van der Waals surface area contributed by atoms with E-state index in [4.69, 9.17) is 11.6 Å². The number of aromatic amines is 1. The lowest BCUT2D eigenvalue weighted by Crippen LogP contribution is -2.61. The van der Waals surface area contributed by atoms with E-state index in [-0.39, 0.29) is 29.8 Å². The van der Waals surface area contributed by atoms with E-state index in [0.29, 0.717) is 33.9 Å². The molecule has 3 aliphatic carbocycles. The summed E-state index contributed by atoms with van der Waals surface area (Å²) in [6.07, 6.45) is 6.56. The zero-order valence-corrected chi connectivity index (χ0v) is 17.0. The zero-order chi connectivity index (χ0) is 20.3. The molecule has 3 aliphatic rings. The van der Waals surface area contributed by atoms with Crippen LogP contribution in [0.3, 0.4) is 0 Å². The number of nitrogens with one attached hydrogen (secondary N) is 2. The second kappa shape index (κ2) is 6.64. The molecule has 1 unspecified atom stereocenters. The van der Waals surface area contributed by atoms with Crippen LogP contribution in [0.4, 0.5) is 10.2 Å². The minimum Gasteiger partial charge on any atom is -0.396 e. The average molecular weight is 416 g/mol. The van der Waals surface area contributed by atoms with Gasteiger partial charge in [0.25, 0.3) is 0 Å². The summed E-state index contributed by atoms with van der Waals surface area (Å²) in [5.41, 5.74) is 1.57. The van der Waals surface area contributed by atoms with Crippen molar-refractivity contribution in [2.24, 2.45) is 23.2 Å². The van der Waals surface area contributed by atoms with Crippen molar-refractivity contribution < 1.29 is 9.50 Å². The summed E-state index contributed by atoms with van der Waals surface area (Å²) in [6.45, 7) is 4.62. The molecule has 4 atom stereocenters. The van der Waals surface area contributed by atoms with Crippen LogP contribution in [0, 0.1) is 29.0 Å². The molecule has 29 heavy (non-hydrogen) atoms. The first kappa shape index (κ1) is 18.8. The number of H-pyrrole nitrogens is 1. The van der Waals surface area contributed by atoms with Crippen LogP contribution in [0.15, 0.2) is 24.7 Å². The van der Waals surface area contributed by atoms with E-state index in [2.05, 4.69) is 39.1 Å². The molecule has 3 saturated carbocycles. The molecule has 3 aromatic rings. The van der Waals surface area contributed by atoms with Crippen molar-refractivity contribution in [3.8, 4) is 11.4 Å². The third-order valence-corrected chi connectivity index (χ3v) is 7.30. The summed E-state index contributed by atoms with van der Waals surface area (Å²) in [6, 6.07) is 1.77. The Hall–Kier alpha value is -2.25. The molecular weight excluding hydrogens is 393 g/mol. The maximum absolute atomic E-state index is 14.6. The highest BCUT2D eigenvalue weighted by Gasteiger charge is 2.57. The number of halogens is 2. The third kappa shape index (κ3) is 2.90. The van der Waals surface area contributed by atoms with Gasteiger partial charge in [0.15, 0.2) is 17.5 Å². The lowest BCUT2D eigenvalue weighted by molar-refractivity contribution is -0.107. The number of anilines is 1. The summed E-state index contributed by atoms with van der Waals surface area (Å²) < 4.78 is 14.6. The monoisotopic (exact) mass is 415 g/mol. The van der Waals surface area contributed by atoms with Crippen LogP contribution in [0.2, 0.25) is 5.02 Å².